The summed E-state index contributed by atoms with van der Waals surface area (Å²) in [5.41, 5.74) is -0.287. The van der Waals surface area contributed by atoms with Gasteiger partial charge in [0.1, 0.15) is 5.82 Å². The fourth-order valence-electron chi connectivity index (χ4n) is 0.750. The van der Waals surface area contributed by atoms with Gasteiger partial charge in [-0.1, -0.05) is 0 Å². The third-order valence-electron chi connectivity index (χ3n) is 1.36. The van der Waals surface area contributed by atoms with E-state index in [0.717, 1.165) is 12.1 Å². The molecule has 0 heterocycles. The molecule has 0 aliphatic rings. The number of halogens is 1. The van der Waals surface area contributed by atoms with Crippen LogP contribution in [0.4, 0.5) is 4.39 Å². The molecule has 0 fully saturated rings. The molecule has 0 unspecified atom stereocenters. The normalized spacial score (nSPS) is 10.0. The highest BCUT2D eigenvalue weighted by Crippen LogP contribution is 2.30. The van der Waals surface area contributed by atoms with Crippen molar-refractivity contribution in [2.75, 3.05) is 0 Å². The Morgan fingerprint density at radius 3 is 2.36 bits per heavy atom. The lowest BCUT2D eigenvalue weighted by Gasteiger charge is -2.03. The van der Waals surface area contributed by atoms with Gasteiger partial charge in [-0.3, -0.25) is 0 Å². The van der Waals surface area contributed by atoms with Crippen LogP contribution in [0.5, 0.6) is 11.5 Å². The van der Waals surface area contributed by atoms with E-state index in [-0.39, 0.29) is 5.56 Å². The van der Waals surface area contributed by atoms with E-state index in [1.807, 2.05) is 0 Å². The molecule has 0 saturated carbocycles. The van der Waals surface area contributed by atoms with E-state index >= 15 is 0 Å². The summed E-state index contributed by atoms with van der Waals surface area (Å²) in [5, 5.41) is 26.3. The summed E-state index contributed by atoms with van der Waals surface area (Å²) in [5.74, 6) is -1.77. The lowest BCUT2D eigenvalue weighted by atomic mass is 10.2. The maximum atomic E-state index is 12.6. The molecule has 0 radical (unpaired) electrons. The first kappa shape index (κ1) is 7.81. The van der Waals surface area contributed by atoms with Crippen molar-refractivity contribution in [2.45, 2.75) is 6.61 Å². The van der Waals surface area contributed by atoms with Gasteiger partial charge in [0.05, 0.1) is 12.2 Å². The largest absolute Gasteiger partial charge is 0.504 e. The van der Waals surface area contributed by atoms with Gasteiger partial charge in [-0.25, -0.2) is 4.39 Å². The topological polar surface area (TPSA) is 60.7 Å². The molecule has 0 saturated heterocycles. The van der Waals surface area contributed by atoms with Crippen LogP contribution in [0.15, 0.2) is 12.1 Å². The van der Waals surface area contributed by atoms with Gasteiger partial charge in [-0.05, 0) is 12.1 Å². The van der Waals surface area contributed by atoms with Crippen LogP contribution in [0.3, 0.4) is 0 Å². The molecule has 0 amide bonds. The van der Waals surface area contributed by atoms with Gasteiger partial charge in [0.25, 0.3) is 0 Å². The number of phenols is 2. The molecular weight excluding hydrogens is 151 g/mol. The number of benzene rings is 1. The van der Waals surface area contributed by atoms with Crippen molar-refractivity contribution in [2.24, 2.45) is 0 Å². The Bertz CT molecular complexity index is 273. The third kappa shape index (κ3) is 1.25. The molecule has 60 valence electrons. The van der Waals surface area contributed by atoms with Gasteiger partial charge in [0.15, 0.2) is 11.5 Å². The van der Waals surface area contributed by atoms with E-state index in [2.05, 4.69) is 0 Å². The number of rotatable bonds is 1. The molecule has 3 N–H and O–H groups in total. The number of hydrogen-bond acceptors (Lipinski definition) is 3. The lowest BCUT2D eigenvalue weighted by molar-refractivity contribution is 0.266. The number of phenolic OH excluding ortho intramolecular Hbond substituents is 1. The van der Waals surface area contributed by atoms with Crippen LogP contribution in [0.25, 0.3) is 0 Å². The summed E-state index contributed by atoms with van der Waals surface area (Å²) >= 11 is 0. The zero-order valence-electron chi connectivity index (χ0n) is 5.58. The molecule has 3 nitrogen and oxygen atoms in total. The Kier molecular flexibility index (Phi) is 1.96. The number of aliphatic hydroxyl groups excluding tert-OH is 1. The van der Waals surface area contributed by atoms with Crippen LogP contribution in [0.2, 0.25) is 0 Å². The van der Waals surface area contributed by atoms with Gasteiger partial charge >= 0.3 is 0 Å². The van der Waals surface area contributed by atoms with Crippen molar-refractivity contribution < 1.29 is 19.7 Å². The maximum Gasteiger partial charge on any atom is 0.166 e. The number of aliphatic hydroxyl groups is 1. The zero-order valence-corrected chi connectivity index (χ0v) is 5.58. The monoisotopic (exact) mass is 158 g/mol. The van der Waals surface area contributed by atoms with Crippen molar-refractivity contribution >= 4 is 0 Å². The van der Waals surface area contributed by atoms with Crippen molar-refractivity contribution in [3.05, 3.63) is 23.5 Å². The van der Waals surface area contributed by atoms with Gasteiger partial charge in [0.2, 0.25) is 0 Å². The summed E-state index contributed by atoms with van der Waals surface area (Å²) in [6.45, 7) is -0.633. The molecular formula is C7H7FO3. The van der Waals surface area contributed by atoms with Crippen molar-refractivity contribution in [3.8, 4) is 11.5 Å². The average Bonchev–Trinajstić information content (AvgIpc) is 1.99. The predicted octanol–water partition coefficient (Wildman–Crippen LogP) is 0.729. The smallest absolute Gasteiger partial charge is 0.166 e. The van der Waals surface area contributed by atoms with Gasteiger partial charge < -0.3 is 15.3 Å². The van der Waals surface area contributed by atoms with E-state index in [9.17, 15) is 4.39 Å². The van der Waals surface area contributed by atoms with Crippen molar-refractivity contribution in [3.63, 3.8) is 0 Å². The number of hydrogen-bond donors (Lipinski definition) is 3. The van der Waals surface area contributed by atoms with Crippen LogP contribution in [0, 0.1) is 5.82 Å². The second-order valence-electron chi connectivity index (χ2n) is 2.05. The second kappa shape index (κ2) is 2.75. The maximum absolute atomic E-state index is 12.6. The molecule has 0 spiro atoms. The minimum Gasteiger partial charge on any atom is -0.504 e. The van der Waals surface area contributed by atoms with Crippen LogP contribution >= 0.6 is 0 Å². The van der Waals surface area contributed by atoms with Crippen molar-refractivity contribution in [1.82, 2.24) is 0 Å². The Hall–Kier alpha value is -1.29. The van der Waals surface area contributed by atoms with E-state index in [4.69, 9.17) is 15.3 Å². The molecule has 0 bridgehead atoms. The summed E-state index contributed by atoms with van der Waals surface area (Å²) in [7, 11) is 0. The highest BCUT2D eigenvalue weighted by atomic mass is 19.1. The first-order valence-corrected chi connectivity index (χ1v) is 2.97. The van der Waals surface area contributed by atoms with Crippen LogP contribution in [-0.2, 0) is 6.61 Å². The molecule has 11 heavy (non-hydrogen) atoms. The minimum atomic E-state index is -0.734. The molecule has 0 aliphatic carbocycles. The average molecular weight is 158 g/mol. The Balaban J connectivity index is 3.29. The van der Waals surface area contributed by atoms with E-state index < -0.39 is 23.9 Å². The zero-order chi connectivity index (χ0) is 8.43. The molecule has 4 heteroatoms. The second-order valence-corrected chi connectivity index (χ2v) is 2.05. The number of aromatic hydroxyl groups is 2. The fourth-order valence-corrected chi connectivity index (χ4v) is 0.750. The first-order valence-electron chi connectivity index (χ1n) is 2.97. The predicted molar refractivity (Wildman–Crippen MR) is 35.7 cm³/mol. The lowest BCUT2D eigenvalue weighted by Crippen LogP contribution is -1.89. The van der Waals surface area contributed by atoms with Gasteiger partial charge in [0, 0.05) is 0 Å². The van der Waals surface area contributed by atoms with E-state index in [1.165, 1.54) is 0 Å². The Morgan fingerprint density at radius 1 is 1.27 bits per heavy atom. The highest BCUT2D eigenvalue weighted by molar-refractivity contribution is 5.44. The molecule has 0 aromatic heterocycles. The highest BCUT2D eigenvalue weighted by Gasteiger charge is 2.10. The molecule has 1 aromatic carbocycles. The molecule has 1 rings (SSSR count). The van der Waals surface area contributed by atoms with Crippen molar-refractivity contribution in [1.29, 1.82) is 0 Å². The standard InChI is InChI=1S/C7H7FO3/c8-5-1-2-6(10)7(11)4(5)3-9/h1-2,9-11H,3H2. The summed E-state index contributed by atoms with van der Waals surface area (Å²) in [6, 6.07) is 1.99. The summed E-state index contributed by atoms with van der Waals surface area (Å²) in [6.07, 6.45) is 0. The molecule has 1 aromatic rings. The Morgan fingerprint density at radius 2 is 1.91 bits per heavy atom. The van der Waals surface area contributed by atoms with Gasteiger partial charge in [-0.15, -0.1) is 0 Å². The molecule has 0 aliphatic heterocycles. The quantitative estimate of drug-likeness (QED) is 0.528. The van der Waals surface area contributed by atoms with Crippen LogP contribution < -0.4 is 0 Å². The fraction of sp³-hybridized carbons (Fsp3) is 0.143. The first-order chi connectivity index (χ1) is 5.16. The van der Waals surface area contributed by atoms with E-state index in [0.29, 0.717) is 0 Å². The Labute approximate surface area is 62.3 Å². The summed E-state index contributed by atoms with van der Waals surface area (Å²) in [4.78, 5) is 0. The van der Waals surface area contributed by atoms with Crippen LogP contribution in [-0.4, -0.2) is 15.3 Å². The molecule has 0 atom stereocenters. The summed E-state index contributed by atoms with van der Waals surface area (Å²) < 4.78 is 12.6. The van der Waals surface area contributed by atoms with Crippen LogP contribution in [0.1, 0.15) is 5.56 Å². The SMILES string of the molecule is OCc1c(F)ccc(O)c1O. The third-order valence-corrected chi connectivity index (χ3v) is 1.36. The minimum absolute atomic E-state index is 0.287. The van der Waals surface area contributed by atoms with E-state index in [1.54, 1.807) is 0 Å². The van der Waals surface area contributed by atoms with Gasteiger partial charge in [-0.2, -0.15) is 0 Å².